The summed E-state index contributed by atoms with van der Waals surface area (Å²) in [6, 6.07) is 53.1. The fourth-order valence-corrected chi connectivity index (χ4v) is 9.06. The van der Waals surface area contributed by atoms with Gasteiger partial charge in [-0.1, -0.05) is 167 Å². The van der Waals surface area contributed by atoms with Gasteiger partial charge in [0.1, 0.15) is 5.58 Å². The van der Waals surface area contributed by atoms with Crippen LogP contribution >= 0.6 is 0 Å². The predicted molar refractivity (Wildman–Crippen MR) is 261 cm³/mol. The molecule has 0 aliphatic rings. The second kappa shape index (κ2) is 18.7. The Morgan fingerprint density at radius 3 is 1.94 bits per heavy atom. The van der Waals surface area contributed by atoms with Gasteiger partial charge in [0, 0.05) is 46.1 Å². The molecule has 0 aliphatic carbocycles. The van der Waals surface area contributed by atoms with Gasteiger partial charge in [-0.3, -0.25) is 0 Å². The van der Waals surface area contributed by atoms with Crippen molar-refractivity contribution in [2.24, 2.45) is 0 Å². The molecular weight excluding hydrogens is 949 g/mol. The third-order valence-electron chi connectivity index (χ3n) is 11.2. The minimum Gasteiger partial charge on any atom is -0.501 e. The van der Waals surface area contributed by atoms with Gasteiger partial charge in [0.05, 0.1) is 13.7 Å². The van der Waals surface area contributed by atoms with Gasteiger partial charge in [-0.15, -0.1) is 53.6 Å². The zero-order valence-corrected chi connectivity index (χ0v) is 39.6. The summed E-state index contributed by atoms with van der Waals surface area (Å²) >= 11 is 0. The van der Waals surface area contributed by atoms with Crippen molar-refractivity contribution in [3.05, 3.63) is 186 Å². The Hall–Kier alpha value is -5.71. The first kappa shape index (κ1) is 36.9. The quantitative estimate of drug-likeness (QED) is 0.112. The number of benzene rings is 6. The molecule has 1 radical (unpaired) electrons. The van der Waals surface area contributed by atoms with Gasteiger partial charge in [-0.2, -0.15) is 0 Å². The third kappa shape index (κ3) is 9.37. The first-order valence-corrected chi connectivity index (χ1v) is 24.4. The van der Waals surface area contributed by atoms with Gasteiger partial charge < -0.3 is 14.4 Å². The van der Waals surface area contributed by atoms with E-state index in [1.807, 2.05) is 78.9 Å². The van der Waals surface area contributed by atoms with Crippen LogP contribution in [0, 0.1) is 25.8 Å². The predicted octanol–water partition coefficient (Wildman–Crippen LogP) is 15.4. The second-order valence-electron chi connectivity index (χ2n) is 17.3. The number of para-hydroxylation sites is 1. The van der Waals surface area contributed by atoms with E-state index in [0.717, 1.165) is 72.1 Å². The molecule has 6 aromatic carbocycles. The molecule has 0 saturated heterocycles. The van der Waals surface area contributed by atoms with E-state index in [2.05, 4.69) is 118 Å². The molecule has 3 heterocycles. The number of aromatic nitrogens is 2. The Balaban J connectivity index is 0.000000219. The maximum atomic E-state index is 8.44. The molecule has 0 bridgehead atoms. The molecule has 5 heteroatoms. The average Bonchev–Trinajstić information content (AvgIpc) is 3.70. The Morgan fingerprint density at radius 2 is 1.27 bits per heavy atom. The Bertz CT molecular complexity index is 3090. The number of aryl methyl sites for hydroxylation is 2. The molecule has 313 valence electrons. The molecule has 0 amide bonds. The van der Waals surface area contributed by atoms with E-state index < -0.39 is 21.8 Å². The van der Waals surface area contributed by atoms with Crippen molar-refractivity contribution < 1.29 is 32.7 Å². The van der Waals surface area contributed by atoms with E-state index in [0.29, 0.717) is 16.8 Å². The number of pyridine rings is 2. The molecule has 0 spiro atoms. The van der Waals surface area contributed by atoms with Crippen LogP contribution in [0.1, 0.15) is 70.0 Å². The zero-order valence-electron chi connectivity index (χ0n) is 42.2. The second-order valence-corrected chi connectivity index (χ2v) is 22.3. The van der Waals surface area contributed by atoms with Crippen molar-refractivity contribution in [2.75, 3.05) is 0 Å². The largest absolute Gasteiger partial charge is 0.501 e. The van der Waals surface area contributed by atoms with Gasteiger partial charge >= 0.3 is 0 Å². The van der Waals surface area contributed by atoms with Crippen molar-refractivity contribution in [2.45, 2.75) is 72.9 Å². The van der Waals surface area contributed by atoms with Crippen LogP contribution in [-0.4, -0.2) is 18.0 Å². The van der Waals surface area contributed by atoms with Crippen LogP contribution in [0.25, 0.3) is 77.8 Å². The summed E-state index contributed by atoms with van der Waals surface area (Å²) in [6.45, 7) is 11.2. The van der Waals surface area contributed by atoms with Crippen molar-refractivity contribution in [1.29, 1.82) is 0 Å². The minimum absolute atomic E-state index is 0. The third-order valence-corrected chi connectivity index (χ3v) is 13.3. The molecule has 0 N–H and O–H groups in total. The summed E-state index contributed by atoms with van der Waals surface area (Å²) < 4.78 is 53.9. The average molecular weight is 1010 g/mol. The van der Waals surface area contributed by atoms with Gasteiger partial charge in [-0.05, 0) is 93.1 Å². The molecule has 9 aromatic rings. The van der Waals surface area contributed by atoms with E-state index in [9.17, 15) is 0 Å². The summed E-state index contributed by atoms with van der Waals surface area (Å²) in [5, 5.41) is 3.44. The van der Waals surface area contributed by atoms with Crippen LogP contribution in [0.4, 0.5) is 0 Å². The normalized spacial score (nSPS) is 13.3. The molecule has 0 saturated carbocycles. The van der Waals surface area contributed by atoms with Crippen LogP contribution in [0.5, 0.6) is 0 Å². The number of furan rings is 1. The van der Waals surface area contributed by atoms with Crippen molar-refractivity contribution >= 4 is 35.2 Å². The Labute approximate surface area is 391 Å². The van der Waals surface area contributed by atoms with Crippen LogP contribution in [0.15, 0.2) is 156 Å². The van der Waals surface area contributed by atoms with Crippen LogP contribution in [0.2, 0.25) is 19.6 Å². The fraction of sp³-hybridized carbons (Fsp3) is 0.193. The SMILES string of the molecule is [2H]C([2H])([2H])c1ccc(-c2[c-]ccc(-c3ccc([Si](C)(C)C)cc3)c2)nc1.[2H]C([2H])([2H])c1cnc(-c2[c-]ccc3c2oc2ccccc23)cc1-c1c(C(C)C)cc(-c2ccccc2)cc1C(C)C.[Ir]. The number of fused-ring (bicyclic) bond motifs is 3. The van der Waals surface area contributed by atoms with Crippen molar-refractivity contribution in [3.63, 3.8) is 0 Å². The van der Waals surface area contributed by atoms with Gasteiger partial charge in [0.2, 0.25) is 0 Å². The molecule has 0 fully saturated rings. The molecular formula is C57H54IrN2OSi-2. The van der Waals surface area contributed by atoms with E-state index in [1.165, 1.54) is 17.6 Å². The Kier molecular flexibility index (Phi) is 11.1. The summed E-state index contributed by atoms with van der Waals surface area (Å²) in [5.41, 5.74) is 13.3. The summed E-state index contributed by atoms with van der Waals surface area (Å²) in [7, 11) is -1.30. The molecule has 62 heavy (non-hydrogen) atoms. The standard InChI is InChI=1S/C36H32NO.C21H22NSi.Ir/c1-22(2)30-18-26(25-12-7-6-8-13-25)19-31(23(3)4)35(30)32-20-33(37-21-24(32)5)29-16-11-15-28-27-14-9-10-17-34(27)38-36(28)29;1-16-8-13-21(22-15-16)19-7-5-6-18(14-19)17-9-11-20(12-10-17)23(2,3)4;/h6-15,17-23H,1-5H3;5-6,8-15H,1-4H3;/q2*-1;/i5D3;1D3;. The van der Waals surface area contributed by atoms with Crippen molar-refractivity contribution in [3.8, 4) is 55.9 Å². The van der Waals surface area contributed by atoms with E-state index in [4.69, 9.17) is 12.6 Å². The fourth-order valence-electron chi connectivity index (χ4n) is 7.90. The zero-order chi connectivity index (χ0) is 47.8. The number of hydrogen-bond donors (Lipinski definition) is 0. The summed E-state index contributed by atoms with van der Waals surface area (Å²) in [5.74, 6) is 0.329. The number of hydrogen-bond acceptors (Lipinski definition) is 3. The van der Waals surface area contributed by atoms with E-state index >= 15 is 0 Å². The first-order chi connectivity index (χ1) is 31.8. The van der Waals surface area contributed by atoms with E-state index in [-0.39, 0.29) is 43.1 Å². The molecule has 3 aromatic heterocycles. The number of rotatable bonds is 8. The van der Waals surface area contributed by atoms with E-state index in [1.54, 1.807) is 12.1 Å². The van der Waals surface area contributed by atoms with Crippen LogP contribution < -0.4 is 5.19 Å². The smallest absolute Gasteiger partial charge is 0.120 e. The molecule has 9 rings (SSSR count). The topological polar surface area (TPSA) is 38.9 Å². The molecule has 3 nitrogen and oxygen atoms in total. The van der Waals surface area contributed by atoms with Crippen LogP contribution in [0.3, 0.4) is 0 Å². The minimum atomic E-state index is -2.34. The van der Waals surface area contributed by atoms with Gasteiger partial charge in [0.25, 0.3) is 0 Å². The van der Waals surface area contributed by atoms with Gasteiger partial charge in [0.15, 0.2) is 0 Å². The van der Waals surface area contributed by atoms with Gasteiger partial charge in [-0.25, -0.2) is 0 Å². The first-order valence-electron chi connectivity index (χ1n) is 23.9. The molecule has 0 unspecified atom stereocenters. The molecule has 0 atom stereocenters. The van der Waals surface area contributed by atoms with Crippen LogP contribution in [-0.2, 0) is 20.1 Å². The molecule has 0 aliphatic heterocycles. The van der Waals surface area contributed by atoms with Crippen molar-refractivity contribution in [1.82, 2.24) is 9.97 Å². The Morgan fingerprint density at radius 1 is 0.597 bits per heavy atom. The summed E-state index contributed by atoms with van der Waals surface area (Å²) in [6.07, 6.45) is 2.94. The maximum Gasteiger partial charge on any atom is 0.120 e. The number of nitrogens with zero attached hydrogens (tertiary/aromatic N) is 2. The maximum absolute atomic E-state index is 8.44. The summed E-state index contributed by atoms with van der Waals surface area (Å²) in [4.78, 5) is 9.00. The monoisotopic (exact) mass is 1010 g/mol.